The van der Waals surface area contributed by atoms with E-state index in [0.29, 0.717) is 0 Å². The average molecular weight is 290 g/mol. The standard InChI is InChI=1S/C16H26N4O/c1-16(2,3)18-15(21)17-13-5-7-14(8-6-13)20-11-9-19(4)10-12-20/h5-8H,9-12H2,1-4H3,(H2,17,18,21). The fraction of sp³-hybridized carbons (Fsp3) is 0.562. The number of piperazine rings is 1. The number of amides is 2. The maximum atomic E-state index is 11.8. The summed E-state index contributed by atoms with van der Waals surface area (Å²) in [6, 6.07) is 7.87. The van der Waals surface area contributed by atoms with Crippen LogP contribution in [0.4, 0.5) is 16.2 Å². The Balaban J connectivity index is 1.91. The van der Waals surface area contributed by atoms with Gasteiger partial charge in [-0.15, -0.1) is 0 Å². The molecule has 0 aliphatic carbocycles. The van der Waals surface area contributed by atoms with E-state index in [9.17, 15) is 4.79 Å². The molecular formula is C16H26N4O. The minimum atomic E-state index is -0.232. The molecule has 1 aliphatic heterocycles. The van der Waals surface area contributed by atoms with Crippen LogP contribution in [0.25, 0.3) is 0 Å². The third-order valence-electron chi connectivity index (χ3n) is 3.48. The molecule has 21 heavy (non-hydrogen) atoms. The first-order valence-corrected chi connectivity index (χ1v) is 7.46. The van der Waals surface area contributed by atoms with Crippen LogP contribution in [0.2, 0.25) is 0 Å². The van der Waals surface area contributed by atoms with Crippen LogP contribution in [0.3, 0.4) is 0 Å². The zero-order valence-corrected chi connectivity index (χ0v) is 13.4. The van der Waals surface area contributed by atoms with Gasteiger partial charge in [0.15, 0.2) is 0 Å². The Morgan fingerprint density at radius 1 is 1.05 bits per heavy atom. The third-order valence-corrected chi connectivity index (χ3v) is 3.48. The highest BCUT2D eigenvalue weighted by Gasteiger charge is 2.15. The molecule has 1 saturated heterocycles. The zero-order valence-electron chi connectivity index (χ0n) is 13.4. The fourth-order valence-corrected chi connectivity index (χ4v) is 2.32. The van der Waals surface area contributed by atoms with Crippen LogP contribution in [-0.4, -0.2) is 49.7 Å². The van der Waals surface area contributed by atoms with Crippen LogP contribution < -0.4 is 15.5 Å². The van der Waals surface area contributed by atoms with E-state index < -0.39 is 0 Å². The minimum absolute atomic E-state index is 0.171. The minimum Gasteiger partial charge on any atom is -0.369 e. The molecule has 0 spiro atoms. The van der Waals surface area contributed by atoms with E-state index in [1.165, 1.54) is 5.69 Å². The van der Waals surface area contributed by atoms with Gasteiger partial charge in [0.05, 0.1) is 0 Å². The number of urea groups is 1. The van der Waals surface area contributed by atoms with Crippen molar-refractivity contribution in [1.29, 1.82) is 0 Å². The van der Waals surface area contributed by atoms with Crippen molar-refractivity contribution in [1.82, 2.24) is 10.2 Å². The largest absolute Gasteiger partial charge is 0.369 e. The molecule has 0 radical (unpaired) electrons. The van der Waals surface area contributed by atoms with E-state index in [1.807, 2.05) is 32.9 Å². The maximum Gasteiger partial charge on any atom is 0.319 e. The number of nitrogens with zero attached hydrogens (tertiary/aromatic N) is 2. The molecule has 0 aromatic heterocycles. The first kappa shape index (κ1) is 15.6. The van der Waals surface area contributed by atoms with Gasteiger partial charge in [0.25, 0.3) is 0 Å². The lowest BCUT2D eigenvalue weighted by Crippen LogP contribution is -2.44. The highest BCUT2D eigenvalue weighted by molar-refractivity contribution is 5.89. The third kappa shape index (κ3) is 4.93. The topological polar surface area (TPSA) is 47.6 Å². The van der Waals surface area contributed by atoms with Crippen molar-refractivity contribution in [3.63, 3.8) is 0 Å². The van der Waals surface area contributed by atoms with Gasteiger partial charge < -0.3 is 20.4 Å². The SMILES string of the molecule is CN1CCN(c2ccc(NC(=O)NC(C)(C)C)cc2)CC1. The van der Waals surface area contributed by atoms with Crippen molar-refractivity contribution in [2.24, 2.45) is 0 Å². The number of hydrogen-bond donors (Lipinski definition) is 2. The molecular weight excluding hydrogens is 264 g/mol. The molecule has 1 aromatic rings. The van der Waals surface area contributed by atoms with Crippen molar-refractivity contribution in [3.8, 4) is 0 Å². The molecule has 2 N–H and O–H groups in total. The molecule has 1 heterocycles. The summed E-state index contributed by atoms with van der Waals surface area (Å²) in [5, 5.41) is 5.74. The lowest BCUT2D eigenvalue weighted by molar-refractivity contribution is 0.244. The van der Waals surface area contributed by atoms with Crippen LogP contribution in [0.1, 0.15) is 20.8 Å². The van der Waals surface area contributed by atoms with Gasteiger partial charge in [-0.3, -0.25) is 0 Å². The molecule has 0 atom stereocenters. The molecule has 1 fully saturated rings. The van der Waals surface area contributed by atoms with E-state index >= 15 is 0 Å². The van der Waals surface area contributed by atoms with Gasteiger partial charge in [-0.2, -0.15) is 0 Å². The number of carbonyl (C=O) groups excluding carboxylic acids is 1. The predicted molar refractivity (Wildman–Crippen MR) is 88.1 cm³/mol. The van der Waals surface area contributed by atoms with E-state index in [0.717, 1.165) is 31.9 Å². The number of likely N-dealkylation sites (N-methyl/N-ethyl adjacent to an activating group) is 1. The predicted octanol–water partition coefficient (Wildman–Crippen LogP) is 2.36. The number of rotatable bonds is 2. The summed E-state index contributed by atoms with van der Waals surface area (Å²) in [4.78, 5) is 16.5. The number of anilines is 2. The summed E-state index contributed by atoms with van der Waals surface area (Å²) in [5.41, 5.74) is 1.80. The van der Waals surface area contributed by atoms with Gasteiger partial charge in [-0.1, -0.05) is 0 Å². The van der Waals surface area contributed by atoms with Gasteiger partial charge in [-0.05, 0) is 52.1 Å². The molecule has 0 bridgehead atoms. The van der Waals surface area contributed by atoms with E-state index in [2.05, 4.69) is 39.6 Å². The lowest BCUT2D eigenvalue weighted by Gasteiger charge is -2.34. The summed E-state index contributed by atoms with van der Waals surface area (Å²) in [5.74, 6) is 0. The lowest BCUT2D eigenvalue weighted by atomic mass is 10.1. The second kappa shape index (κ2) is 6.35. The molecule has 0 unspecified atom stereocenters. The molecule has 5 heteroatoms. The van der Waals surface area contributed by atoms with Crippen LogP contribution in [0.5, 0.6) is 0 Å². The molecule has 116 valence electrons. The summed E-state index contributed by atoms with van der Waals surface area (Å²) < 4.78 is 0. The second-order valence-electron chi connectivity index (χ2n) is 6.67. The monoisotopic (exact) mass is 290 g/mol. The first-order chi connectivity index (χ1) is 9.83. The second-order valence-corrected chi connectivity index (χ2v) is 6.67. The van der Waals surface area contributed by atoms with Crippen molar-refractivity contribution < 1.29 is 4.79 Å². The summed E-state index contributed by atoms with van der Waals surface area (Å²) in [6.07, 6.45) is 0. The van der Waals surface area contributed by atoms with Crippen molar-refractivity contribution in [3.05, 3.63) is 24.3 Å². The normalized spacial score (nSPS) is 16.7. The quantitative estimate of drug-likeness (QED) is 0.879. The first-order valence-electron chi connectivity index (χ1n) is 7.46. The molecule has 2 amide bonds. The van der Waals surface area contributed by atoms with Crippen molar-refractivity contribution in [2.75, 3.05) is 43.4 Å². The summed E-state index contributed by atoms with van der Waals surface area (Å²) >= 11 is 0. The van der Waals surface area contributed by atoms with Crippen LogP contribution >= 0.6 is 0 Å². The Bertz CT molecular complexity index is 470. The van der Waals surface area contributed by atoms with Gasteiger partial charge in [0.1, 0.15) is 0 Å². The highest BCUT2D eigenvalue weighted by atomic mass is 16.2. The van der Waals surface area contributed by atoms with E-state index in [4.69, 9.17) is 0 Å². The van der Waals surface area contributed by atoms with Gasteiger partial charge in [0.2, 0.25) is 0 Å². The number of hydrogen-bond acceptors (Lipinski definition) is 3. The zero-order chi connectivity index (χ0) is 15.5. The number of carbonyl (C=O) groups is 1. The van der Waals surface area contributed by atoms with Crippen molar-refractivity contribution in [2.45, 2.75) is 26.3 Å². The fourth-order valence-electron chi connectivity index (χ4n) is 2.32. The molecule has 0 saturated carbocycles. The Kier molecular flexibility index (Phi) is 4.73. The Morgan fingerprint density at radius 3 is 2.14 bits per heavy atom. The maximum absolute atomic E-state index is 11.8. The van der Waals surface area contributed by atoms with Gasteiger partial charge >= 0.3 is 6.03 Å². The average Bonchev–Trinajstić information content (AvgIpc) is 2.38. The summed E-state index contributed by atoms with van der Waals surface area (Å²) in [7, 11) is 2.15. The van der Waals surface area contributed by atoms with E-state index in [-0.39, 0.29) is 11.6 Å². The van der Waals surface area contributed by atoms with E-state index in [1.54, 1.807) is 0 Å². The molecule has 1 aliphatic rings. The van der Waals surface area contributed by atoms with Crippen molar-refractivity contribution >= 4 is 17.4 Å². The Morgan fingerprint density at radius 2 is 1.62 bits per heavy atom. The van der Waals surface area contributed by atoms with Gasteiger partial charge in [0, 0.05) is 43.1 Å². The van der Waals surface area contributed by atoms with Gasteiger partial charge in [-0.25, -0.2) is 4.79 Å². The molecule has 1 aromatic carbocycles. The Hall–Kier alpha value is -1.75. The Labute approximate surface area is 127 Å². The number of nitrogens with one attached hydrogen (secondary N) is 2. The molecule has 5 nitrogen and oxygen atoms in total. The molecule has 2 rings (SSSR count). The summed E-state index contributed by atoms with van der Waals surface area (Å²) in [6.45, 7) is 10.2. The van der Waals surface area contributed by atoms with Crippen LogP contribution in [0, 0.1) is 0 Å². The van der Waals surface area contributed by atoms with Crippen LogP contribution in [0.15, 0.2) is 24.3 Å². The number of benzene rings is 1. The highest BCUT2D eigenvalue weighted by Crippen LogP contribution is 2.19. The smallest absolute Gasteiger partial charge is 0.319 e. The van der Waals surface area contributed by atoms with Crippen LogP contribution in [-0.2, 0) is 0 Å².